The van der Waals surface area contributed by atoms with Crippen molar-refractivity contribution in [2.75, 3.05) is 31.8 Å². The van der Waals surface area contributed by atoms with E-state index in [1.807, 2.05) is 17.2 Å². The number of halogens is 1. The molecule has 0 saturated carbocycles. The average Bonchev–Trinajstić information content (AvgIpc) is 3.21. The van der Waals surface area contributed by atoms with Crippen molar-refractivity contribution in [3.8, 4) is 5.75 Å². The molecular weight excluding hydrogens is 424 g/mol. The Morgan fingerprint density at radius 3 is 2.90 bits per heavy atom. The summed E-state index contributed by atoms with van der Waals surface area (Å²) in [6, 6.07) is 8.78. The Hall–Kier alpha value is -2.12. The van der Waals surface area contributed by atoms with E-state index in [9.17, 15) is 9.59 Å². The molecular formula is C22H27ClN2O4S. The van der Waals surface area contributed by atoms with Crippen LogP contribution in [0.4, 0.5) is 5.69 Å². The van der Waals surface area contributed by atoms with Crippen molar-refractivity contribution in [3.63, 3.8) is 0 Å². The number of benzene rings is 1. The van der Waals surface area contributed by atoms with Gasteiger partial charge in [0.1, 0.15) is 11.5 Å². The SMILES string of the molecule is COc1ccc(NC(=O)CCC2CCCN(C(=O)c3ccc(CSC)o3)C2)cc1Cl. The summed E-state index contributed by atoms with van der Waals surface area (Å²) in [4.78, 5) is 26.9. The minimum atomic E-state index is -0.0654. The molecule has 6 nitrogen and oxygen atoms in total. The van der Waals surface area contributed by atoms with Gasteiger partial charge in [0.2, 0.25) is 5.91 Å². The number of carbonyl (C=O) groups is 2. The molecule has 1 fully saturated rings. The molecule has 30 heavy (non-hydrogen) atoms. The Morgan fingerprint density at radius 1 is 1.33 bits per heavy atom. The normalized spacial score (nSPS) is 16.4. The van der Waals surface area contributed by atoms with Crippen molar-refractivity contribution in [1.29, 1.82) is 0 Å². The summed E-state index contributed by atoms with van der Waals surface area (Å²) in [5.41, 5.74) is 0.644. The van der Waals surface area contributed by atoms with Crippen molar-refractivity contribution in [2.45, 2.75) is 31.4 Å². The second-order valence-corrected chi connectivity index (χ2v) is 8.67. The lowest BCUT2D eigenvalue weighted by atomic mass is 9.93. The number of carbonyl (C=O) groups excluding carboxylic acids is 2. The van der Waals surface area contributed by atoms with Crippen LogP contribution in [0.3, 0.4) is 0 Å². The quantitative estimate of drug-likeness (QED) is 0.607. The summed E-state index contributed by atoms with van der Waals surface area (Å²) < 4.78 is 10.8. The zero-order valence-corrected chi connectivity index (χ0v) is 18.9. The number of likely N-dealkylation sites (tertiary alicyclic amines) is 1. The van der Waals surface area contributed by atoms with Gasteiger partial charge in [-0.3, -0.25) is 9.59 Å². The van der Waals surface area contributed by atoms with Crippen LogP contribution in [-0.2, 0) is 10.5 Å². The minimum absolute atomic E-state index is 0.0626. The molecule has 0 aliphatic carbocycles. The van der Waals surface area contributed by atoms with Crippen molar-refractivity contribution >= 4 is 40.9 Å². The first-order chi connectivity index (χ1) is 14.5. The second-order valence-electron chi connectivity index (χ2n) is 7.39. The summed E-state index contributed by atoms with van der Waals surface area (Å²) in [5.74, 6) is 2.71. The van der Waals surface area contributed by atoms with Crippen LogP contribution in [0, 0.1) is 5.92 Å². The van der Waals surface area contributed by atoms with E-state index in [1.165, 1.54) is 0 Å². The minimum Gasteiger partial charge on any atom is -0.495 e. The summed E-state index contributed by atoms with van der Waals surface area (Å²) in [6.45, 7) is 1.38. The fourth-order valence-corrected chi connectivity index (χ4v) is 4.35. The number of anilines is 1. The molecule has 0 spiro atoms. The van der Waals surface area contributed by atoms with Crippen molar-refractivity contribution < 1.29 is 18.7 Å². The van der Waals surface area contributed by atoms with Gasteiger partial charge in [-0.05, 0) is 61.8 Å². The predicted molar refractivity (Wildman–Crippen MR) is 120 cm³/mol. The number of furan rings is 1. The summed E-state index contributed by atoms with van der Waals surface area (Å²) >= 11 is 7.76. The number of piperidine rings is 1. The predicted octanol–water partition coefficient (Wildman–Crippen LogP) is 5.08. The van der Waals surface area contributed by atoms with Crippen molar-refractivity contribution in [3.05, 3.63) is 46.9 Å². The molecule has 1 N–H and O–H groups in total. The third kappa shape index (κ3) is 5.95. The zero-order chi connectivity index (χ0) is 21.5. The van der Waals surface area contributed by atoms with Crippen LogP contribution < -0.4 is 10.1 Å². The summed E-state index contributed by atoms with van der Waals surface area (Å²) in [7, 11) is 1.55. The number of amides is 2. The molecule has 3 rings (SSSR count). The first-order valence-electron chi connectivity index (χ1n) is 10.0. The van der Waals surface area contributed by atoms with E-state index < -0.39 is 0 Å². The van der Waals surface area contributed by atoms with Crippen LogP contribution in [0.2, 0.25) is 5.02 Å². The van der Waals surface area contributed by atoms with Crippen LogP contribution in [0.25, 0.3) is 0 Å². The highest BCUT2D eigenvalue weighted by molar-refractivity contribution is 7.97. The number of hydrogen-bond acceptors (Lipinski definition) is 5. The Bertz CT molecular complexity index is 886. The van der Waals surface area contributed by atoms with Gasteiger partial charge in [0.05, 0.1) is 17.9 Å². The van der Waals surface area contributed by atoms with Crippen molar-refractivity contribution in [2.24, 2.45) is 5.92 Å². The molecule has 0 bridgehead atoms. The molecule has 1 aliphatic heterocycles. The maximum Gasteiger partial charge on any atom is 0.289 e. The van der Waals surface area contributed by atoms with Gasteiger partial charge in [-0.2, -0.15) is 11.8 Å². The maximum absolute atomic E-state index is 12.7. The molecule has 1 unspecified atom stereocenters. The first kappa shape index (κ1) is 22.6. The Kier molecular flexibility index (Phi) is 8.10. The van der Waals surface area contributed by atoms with Gasteiger partial charge < -0.3 is 19.4 Å². The van der Waals surface area contributed by atoms with E-state index in [-0.39, 0.29) is 11.8 Å². The smallest absolute Gasteiger partial charge is 0.289 e. The van der Waals surface area contributed by atoms with Gasteiger partial charge in [0, 0.05) is 25.2 Å². The molecule has 8 heteroatoms. The van der Waals surface area contributed by atoms with Gasteiger partial charge in [-0.15, -0.1) is 0 Å². The highest BCUT2D eigenvalue weighted by atomic mass is 35.5. The molecule has 1 saturated heterocycles. The summed E-state index contributed by atoms with van der Waals surface area (Å²) in [5, 5.41) is 3.33. The van der Waals surface area contributed by atoms with Crippen LogP contribution in [-0.4, -0.2) is 43.2 Å². The number of nitrogens with zero attached hydrogens (tertiary/aromatic N) is 1. The second kappa shape index (κ2) is 10.8. The molecule has 1 aliphatic rings. The Labute approximate surface area is 186 Å². The fraction of sp³-hybridized carbons (Fsp3) is 0.455. The molecule has 2 amide bonds. The van der Waals surface area contributed by atoms with Gasteiger partial charge in [0.25, 0.3) is 5.91 Å². The third-order valence-corrected chi connectivity index (χ3v) is 6.05. The van der Waals surface area contributed by atoms with Gasteiger partial charge in [0.15, 0.2) is 5.76 Å². The Balaban J connectivity index is 1.49. The maximum atomic E-state index is 12.7. The average molecular weight is 451 g/mol. The molecule has 0 radical (unpaired) electrons. The van der Waals surface area contributed by atoms with E-state index >= 15 is 0 Å². The molecule has 1 aromatic heterocycles. The largest absolute Gasteiger partial charge is 0.495 e. The number of thioether (sulfide) groups is 1. The van der Waals surface area contributed by atoms with E-state index in [0.717, 1.165) is 37.3 Å². The van der Waals surface area contributed by atoms with E-state index in [2.05, 4.69) is 5.32 Å². The third-order valence-electron chi connectivity index (χ3n) is 5.18. The van der Waals surface area contributed by atoms with Crippen LogP contribution in [0.5, 0.6) is 5.75 Å². The standard InChI is InChI=1S/C22H27ClN2O4S/c1-28-19-8-6-16(12-18(19)23)24-21(26)10-5-15-4-3-11-25(13-15)22(27)20-9-7-17(29-20)14-30-2/h6-9,12,15H,3-5,10-11,13-14H2,1-2H3,(H,24,26). The fourth-order valence-electron chi connectivity index (χ4n) is 3.66. The van der Waals surface area contributed by atoms with Crippen LogP contribution in [0.1, 0.15) is 42.0 Å². The number of methoxy groups -OCH3 is 1. The number of ether oxygens (including phenoxy) is 1. The van der Waals surface area contributed by atoms with Gasteiger partial charge in [-0.1, -0.05) is 11.6 Å². The molecule has 162 valence electrons. The summed E-state index contributed by atoms with van der Waals surface area (Å²) in [6.07, 6.45) is 5.08. The Morgan fingerprint density at radius 2 is 2.17 bits per heavy atom. The number of nitrogens with one attached hydrogen (secondary N) is 1. The molecule has 1 aromatic carbocycles. The number of rotatable bonds is 8. The zero-order valence-electron chi connectivity index (χ0n) is 17.3. The van der Waals surface area contributed by atoms with E-state index in [0.29, 0.717) is 41.1 Å². The van der Waals surface area contributed by atoms with Gasteiger partial charge in [-0.25, -0.2) is 0 Å². The van der Waals surface area contributed by atoms with Crippen LogP contribution >= 0.6 is 23.4 Å². The lowest BCUT2D eigenvalue weighted by Gasteiger charge is -2.32. The van der Waals surface area contributed by atoms with E-state index in [1.54, 1.807) is 43.1 Å². The lowest BCUT2D eigenvalue weighted by Crippen LogP contribution is -2.40. The highest BCUT2D eigenvalue weighted by Gasteiger charge is 2.26. The van der Waals surface area contributed by atoms with E-state index in [4.69, 9.17) is 20.8 Å². The van der Waals surface area contributed by atoms with Gasteiger partial charge >= 0.3 is 0 Å². The van der Waals surface area contributed by atoms with Crippen LogP contribution in [0.15, 0.2) is 34.7 Å². The highest BCUT2D eigenvalue weighted by Crippen LogP contribution is 2.28. The molecule has 1 atom stereocenters. The van der Waals surface area contributed by atoms with Crippen molar-refractivity contribution in [1.82, 2.24) is 4.90 Å². The topological polar surface area (TPSA) is 71.8 Å². The monoisotopic (exact) mass is 450 g/mol. The lowest BCUT2D eigenvalue weighted by molar-refractivity contribution is -0.116. The first-order valence-corrected chi connectivity index (χ1v) is 11.8. The number of hydrogen-bond donors (Lipinski definition) is 1. The molecule has 2 aromatic rings. The molecule has 2 heterocycles.